The maximum absolute atomic E-state index is 12.1. The third kappa shape index (κ3) is 3.30. The third-order valence-electron chi connectivity index (χ3n) is 3.26. The smallest absolute Gasteiger partial charge is 0.410 e. The van der Waals surface area contributed by atoms with Crippen molar-refractivity contribution in [2.45, 2.75) is 32.3 Å². The van der Waals surface area contributed by atoms with Gasteiger partial charge in [0.2, 0.25) is 0 Å². The van der Waals surface area contributed by atoms with Crippen LogP contribution in [0.25, 0.3) is 0 Å². The number of aliphatic carboxylic acids is 1. The Labute approximate surface area is 122 Å². The molecule has 20 heavy (non-hydrogen) atoms. The summed E-state index contributed by atoms with van der Waals surface area (Å²) in [6.07, 6.45) is -0.443. The predicted octanol–water partition coefficient (Wildman–Crippen LogP) is 2.78. The third-order valence-corrected chi connectivity index (χ3v) is 3.96. The summed E-state index contributed by atoms with van der Waals surface area (Å²) in [5.74, 6) is -1.60. The summed E-state index contributed by atoms with van der Waals surface area (Å²) >= 11 is 1.53. The summed E-state index contributed by atoms with van der Waals surface area (Å²) in [6, 6.07) is 1.92. The van der Waals surface area contributed by atoms with Gasteiger partial charge in [-0.3, -0.25) is 4.79 Å². The van der Waals surface area contributed by atoms with Gasteiger partial charge in [0.1, 0.15) is 5.60 Å². The van der Waals surface area contributed by atoms with Gasteiger partial charge < -0.3 is 14.7 Å². The van der Waals surface area contributed by atoms with Crippen LogP contribution in [0, 0.1) is 5.92 Å². The van der Waals surface area contributed by atoms with Gasteiger partial charge in [-0.15, -0.1) is 0 Å². The molecule has 0 bridgehead atoms. The highest BCUT2D eigenvalue weighted by Gasteiger charge is 2.41. The highest BCUT2D eigenvalue weighted by Crippen LogP contribution is 2.34. The van der Waals surface area contributed by atoms with Crippen LogP contribution in [-0.2, 0) is 9.53 Å². The summed E-state index contributed by atoms with van der Waals surface area (Å²) in [4.78, 5) is 24.9. The quantitative estimate of drug-likeness (QED) is 0.911. The predicted molar refractivity (Wildman–Crippen MR) is 76.0 cm³/mol. The fourth-order valence-electron chi connectivity index (χ4n) is 2.35. The van der Waals surface area contributed by atoms with Gasteiger partial charge in [0.25, 0.3) is 0 Å². The summed E-state index contributed by atoms with van der Waals surface area (Å²) in [5.41, 5.74) is 0.407. The molecule has 2 heterocycles. The molecule has 1 saturated heterocycles. The van der Waals surface area contributed by atoms with Crippen LogP contribution in [0.4, 0.5) is 4.79 Å². The van der Waals surface area contributed by atoms with Gasteiger partial charge in [-0.2, -0.15) is 11.3 Å². The molecule has 1 aromatic heterocycles. The van der Waals surface area contributed by atoms with E-state index in [1.165, 1.54) is 16.2 Å². The number of nitrogens with zero attached hydrogens (tertiary/aromatic N) is 1. The fraction of sp³-hybridized carbons (Fsp3) is 0.571. The lowest BCUT2D eigenvalue weighted by Gasteiger charge is -2.24. The molecule has 0 aliphatic carbocycles. The van der Waals surface area contributed by atoms with Gasteiger partial charge in [-0.05, 0) is 43.2 Å². The lowest BCUT2D eigenvalue weighted by Crippen LogP contribution is -2.35. The number of carboxylic acid groups (broad SMARTS) is 1. The van der Waals surface area contributed by atoms with Crippen LogP contribution in [0.5, 0.6) is 0 Å². The van der Waals surface area contributed by atoms with Crippen molar-refractivity contribution in [1.29, 1.82) is 0 Å². The van der Waals surface area contributed by atoms with Crippen molar-refractivity contribution < 1.29 is 19.4 Å². The Morgan fingerprint density at radius 1 is 1.40 bits per heavy atom. The maximum atomic E-state index is 12.1. The molecular formula is C14H19NO4S. The van der Waals surface area contributed by atoms with E-state index in [1.807, 2.05) is 16.8 Å². The van der Waals surface area contributed by atoms with E-state index in [4.69, 9.17) is 4.74 Å². The Balaban J connectivity index is 2.12. The molecule has 0 radical (unpaired) electrons. The number of thiophene rings is 1. The Morgan fingerprint density at radius 3 is 2.60 bits per heavy atom. The first-order valence-corrected chi connectivity index (χ1v) is 7.45. The second-order valence-electron chi connectivity index (χ2n) is 5.99. The van der Waals surface area contributed by atoms with Crippen LogP contribution in [-0.4, -0.2) is 40.8 Å². The van der Waals surface area contributed by atoms with Crippen molar-refractivity contribution in [2.24, 2.45) is 5.92 Å². The molecule has 110 valence electrons. The first-order valence-electron chi connectivity index (χ1n) is 6.51. The van der Waals surface area contributed by atoms with E-state index in [-0.39, 0.29) is 12.5 Å². The van der Waals surface area contributed by atoms with Crippen molar-refractivity contribution in [3.63, 3.8) is 0 Å². The molecule has 1 aliphatic heterocycles. The van der Waals surface area contributed by atoms with Crippen molar-refractivity contribution in [1.82, 2.24) is 4.90 Å². The Kier molecular flexibility index (Phi) is 4.04. The van der Waals surface area contributed by atoms with E-state index in [1.54, 1.807) is 20.8 Å². The van der Waals surface area contributed by atoms with Crippen LogP contribution < -0.4 is 0 Å². The minimum atomic E-state index is -0.868. The topological polar surface area (TPSA) is 66.8 Å². The van der Waals surface area contributed by atoms with Crippen molar-refractivity contribution in [3.05, 3.63) is 22.4 Å². The van der Waals surface area contributed by atoms with Crippen LogP contribution >= 0.6 is 11.3 Å². The molecule has 0 spiro atoms. The van der Waals surface area contributed by atoms with Crippen molar-refractivity contribution in [2.75, 3.05) is 13.1 Å². The summed E-state index contributed by atoms with van der Waals surface area (Å²) in [7, 11) is 0. The molecule has 2 rings (SSSR count). The van der Waals surface area contributed by atoms with Gasteiger partial charge in [0.05, 0.1) is 5.92 Å². The number of rotatable bonds is 2. The standard InChI is InChI=1S/C14H19NO4S/c1-14(2,3)19-13(18)15-6-10(9-4-5-20-8-9)11(7-15)12(16)17/h4-5,8,10-11H,6-7H2,1-3H3,(H,16,17)/t10-,11+/m0/s1. The normalized spacial score (nSPS) is 22.9. The van der Waals surface area contributed by atoms with Gasteiger partial charge in [-0.1, -0.05) is 0 Å². The van der Waals surface area contributed by atoms with Crippen molar-refractivity contribution >= 4 is 23.4 Å². The summed E-state index contributed by atoms with van der Waals surface area (Å²) < 4.78 is 5.31. The monoisotopic (exact) mass is 297 g/mol. The Hall–Kier alpha value is -1.56. The minimum Gasteiger partial charge on any atom is -0.481 e. The van der Waals surface area contributed by atoms with Gasteiger partial charge >= 0.3 is 12.1 Å². The molecule has 5 nitrogen and oxygen atoms in total. The zero-order chi connectivity index (χ0) is 14.9. The molecule has 0 unspecified atom stereocenters. The van der Waals surface area contributed by atoms with Crippen LogP contribution in [0.15, 0.2) is 16.8 Å². The van der Waals surface area contributed by atoms with Crippen LogP contribution in [0.2, 0.25) is 0 Å². The Bertz CT molecular complexity index is 492. The van der Waals surface area contributed by atoms with Gasteiger partial charge in [-0.25, -0.2) is 4.79 Å². The first kappa shape index (κ1) is 14.8. The summed E-state index contributed by atoms with van der Waals surface area (Å²) in [6.45, 7) is 5.98. The number of carboxylic acids is 1. The average Bonchev–Trinajstić information content (AvgIpc) is 2.95. The molecular weight excluding hydrogens is 278 g/mol. The van der Waals surface area contributed by atoms with E-state index >= 15 is 0 Å². The van der Waals surface area contributed by atoms with E-state index < -0.39 is 23.6 Å². The molecule has 0 aromatic carbocycles. The van der Waals surface area contributed by atoms with Crippen molar-refractivity contribution in [3.8, 4) is 0 Å². The highest BCUT2D eigenvalue weighted by atomic mass is 32.1. The zero-order valence-electron chi connectivity index (χ0n) is 11.8. The Morgan fingerprint density at radius 2 is 2.10 bits per heavy atom. The van der Waals surface area contributed by atoms with Crippen LogP contribution in [0.1, 0.15) is 32.3 Å². The van der Waals surface area contributed by atoms with E-state index in [9.17, 15) is 14.7 Å². The number of hydrogen-bond donors (Lipinski definition) is 1. The number of ether oxygens (including phenoxy) is 1. The molecule has 6 heteroatoms. The molecule has 1 aliphatic rings. The largest absolute Gasteiger partial charge is 0.481 e. The summed E-state index contributed by atoms with van der Waals surface area (Å²) in [5, 5.41) is 13.2. The fourth-order valence-corrected chi connectivity index (χ4v) is 3.08. The van der Waals surface area contributed by atoms with Gasteiger partial charge in [0, 0.05) is 19.0 Å². The molecule has 1 aromatic rings. The molecule has 0 saturated carbocycles. The number of hydrogen-bond acceptors (Lipinski definition) is 4. The van der Waals surface area contributed by atoms with Crippen LogP contribution in [0.3, 0.4) is 0 Å². The van der Waals surface area contributed by atoms with E-state index in [0.29, 0.717) is 6.54 Å². The maximum Gasteiger partial charge on any atom is 0.410 e. The second-order valence-corrected chi connectivity index (χ2v) is 6.77. The molecule has 1 fully saturated rings. The molecule has 1 amide bonds. The molecule has 2 atom stereocenters. The number of carbonyl (C=O) groups is 2. The first-order chi connectivity index (χ1) is 9.28. The zero-order valence-corrected chi connectivity index (χ0v) is 12.6. The SMILES string of the molecule is CC(C)(C)OC(=O)N1C[C@@H](C(=O)O)[C@H](c2ccsc2)C1. The van der Waals surface area contributed by atoms with Gasteiger partial charge in [0.15, 0.2) is 0 Å². The average molecular weight is 297 g/mol. The highest BCUT2D eigenvalue weighted by molar-refractivity contribution is 7.08. The molecule has 1 N–H and O–H groups in total. The van der Waals surface area contributed by atoms with E-state index in [0.717, 1.165) is 5.56 Å². The lowest BCUT2D eigenvalue weighted by molar-refractivity contribution is -0.141. The number of likely N-dealkylation sites (tertiary alicyclic amines) is 1. The lowest BCUT2D eigenvalue weighted by atomic mass is 9.91. The van der Waals surface area contributed by atoms with E-state index in [2.05, 4.69) is 0 Å². The second kappa shape index (κ2) is 5.44. The minimum absolute atomic E-state index is 0.161. The number of carbonyl (C=O) groups excluding carboxylic acids is 1. The number of amides is 1.